The van der Waals surface area contributed by atoms with E-state index in [1.165, 1.54) is 10.7 Å². The van der Waals surface area contributed by atoms with E-state index in [2.05, 4.69) is 10.1 Å². The molecule has 2 rings (SSSR count). The first-order valence-electron chi connectivity index (χ1n) is 4.94. The van der Waals surface area contributed by atoms with Crippen molar-refractivity contribution in [2.75, 3.05) is 0 Å². The fourth-order valence-electron chi connectivity index (χ4n) is 1.46. The molecule has 0 aliphatic heterocycles. The van der Waals surface area contributed by atoms with Gasteiger partial charge in [0.2, 0.25) is 0 Å². The van der Waals surface area contributed by atoms with Gasteiger partial charge in [0.05, 0.1) is 6.54 Å². The zero-order valence-corrected chi connectivity index (χ0v) is 9.72. The molecule has 2 N–H and O–H groups in total. The van der Waals surface area contributed by atoms with Crippen molar-refractivity contribution in [3.8, 4) is 0 Å². The van der Waals surface area contributed by atoms with Crippen LogP contribution in [0.3, 0.4) is 0 Å². The first-order chi connectivity index (χ1) is 8.18. The summed E-state index contributed by atoms with van der Waals surface area (Å²) in [6.45, 7) is 0.306. The molecule has 2 heterocycles. The molecule has 0 spiro atoms. The fourth-order valence-corrected chi connectivity index (χ4v) is 1.64. The molecule has 0 saturated heterocycles. The lowest BCUT2D eigenvalue weighted by Crippen LogP contribution is -2.24. The highest BCUT2D eigenvalue weighted by Gasteiger charge is 2.07. The Morgan fingerprint density at radius 2 is 2.12 bits per heavy atom. The molecule has 0 aliphatic rings. The molecule has 0 unspecified atom stereocenters. The van der Waals surface area contributed by atoms with Gasteiger partial charge in [0, 0.05) is 24.0 Å². The van der Waals surface area contributed by atoms with Crippen molar-refractivity contribution < 1.29 is 0 Å². The van der Waals surface area contributed by atoms with Crippen LogP contribution in [0.15, 0.2) is 41.5 Å². The quantitative estimate of drug-likeness (QED) is 0.790. The molecule has 17 heavy (non-hydrogen) atoms. The topological polar surface area (TPSA) is 73.8 Å². The normalized spacial score (nSPS) is 10.1. The first-order valence-corrected chi connectivity index (χ1v) is 5.35. The number of pyridine rings is 1. The Morgan fingerprint density at radius 1 is 1.35 bits per heavy atom. The second kappa shape index (κ2) is 4.84. The molecule has 0 amide bonds. The lowest BCUT2D eigenvalue weighted by Gasteiger charge is -2.07. The van der Waals surface area contributed by atoms with Gasteiger partial charge >= 0.3 is 0 Å². The summed E-state index contributed by atoms with van der Waals surface area (Å²) in [5, 5.41) is 3.97. The molecule has 0 aliphatic carbocycles. The predicted octanol–water partition coefficient (Wildman–Crippen LogP) is 0.321. The standard InChI is InChI=1S/C11H10N4OS/c12-11(17)10-8(3-1-5-13-10)7-15-9(16)4-2-6-14-15/h1-6H,7H2,(H2,12,17). The number of hydrogen-bond acceptors (Lipinski definition) is 4. The van der Waals surface area contributed by atoms with E-state index in [0.717, 1.165) is 5.56 Å². The van der Waals surface area contributed by atoms with E-state index in [1.807, 2.05) is 6.07 Å². The first kappa shape index (κ1) is 11.4. The number of rotatable bonds is 3. The third-order valence-electron chi connectivity index (χ3n) is 2.23. The minimum atomic E-state index is -0.176. The summed E-state index contributed by atoms with van der Waals surface area (Å²) in [6.07, 6.45) is 3.16. The number of aromatic nitrogens is 3. The van der Waals surface area contributed by atoms with Gasteiger partial charge in [0.25, 0.3) is 5.56 Å². The van der Waals surface area contributed by atoms with Gasteiger partial charge in [0.15, 0.2) is 0 Å². The van der Waals surface area contributed by atoms with Gasteiger partial charge in [-0.05, 0) is 12.1 Å². The third-order valence-corrected chi connectivity index (χ3v) is 2.42. The minimum Gasteiger partial charge on any atom is -0.388 e. The maximum absolute atomic E-state index is 11.5. The van der Waals surface area contributed by atoms with Crippen LogP contribution in [-0.4, -0.2) is 19.8 Å². The van der Waals surface area contributed by atoms with Crippen molar-refractivity contribution >= 4 is 17.2 Å². The van der Waals surface area contributed by atoms with Crippen molar-refractivity contribution in [1.82, 2.24) is 14.8 Å². The van der Waals surface area contributed by atoms with Gasteiger partial charge < -0.3 is 5.73 Å². The lowest BCUT2D eigenvalue weighted by molar-refractivity contribution is 0.636. The Balaban J connectivity index is 2.40. The zero-order valence-electron chi connectivity index (χ0n) is 8.91. The summed E-state index contributed by atoms with van der Waals surface area (Å²) in [4.78, 5) is 15.8. The Morgan fingerprint density at radius 3 is 2.82 bits per heavy atom. The van der Waals surface area contributed by atoms with E-state index < -0.39 is 0 Å². The molecule has 2 aromatic heterocycles. The van der Waals surface area contributed by atoms with Gasteiger partial charge in [-0.15, -0.1) is 0 Å². The fraction of sp³-hybridized carbons (Fsp3) is 0.0909. The summed E-state index contributed by atoms with van der Waals surface area (Å²) >= 11 is 4.91. The van der Waals surface area contributed by atoms with Crippen LogP contribution in [0.2, 0.25) is 0 Å². The van der Waals surface area contributed by atoms with E-state index >= 15 is 0 Å². The molecule has 2 aromatic rings. The van der Waals surface area contributed by atoms with Crippen LogP contribution in [0.5, 0.6) is 0 Å². The van der Waals surface area contributed by atoms with Crippen LogP contribution in [0.4, 0.5) is 0 Å². The van der Waals surface area contributed by atoms with Crippen molar-refractivity contribution in [3.63, 3.8) is 0 Å². The Hall–Kier alpha value is -2.08. The smallest absolute Gasteiger partial charge is 0.267 e. The summed E-state index contributed by atoms with van der Waals surface area (Å²) < 4.78 is 1.33. The van der Waals surface area contributed by atoms with Crippen LogP contribution < -0.4 is 11.3 Å². The Bertz CT molecular complexity index is 608. The third kappa shape index (κ3) is 2.54. The molecule has 0 fully saturated rings. The Labute approximate surface area is 103 Å². The van der Waals surface area contributed by atoms with Gasteiger partial charge in [0.1, 0.15) is 10.7 Å². The van der Waals surface area contributed by atoms with E-state index in [4.69, 9.17) is 18.0 Å². The van der Waals surface area contributed by atoms with E-state index in [-0.39, 0.29) is 10.5 Å². The average Bonchev–Trinajstić information content (AvgIpc) is 2.32. The van der Waals surface area contributed by atoms with Gasteiger partial charge in [-0.2, -0.15) is 5.10 Å². The molecule has 6 heteroatoms. The van der Waals surface area contributed by atoms with E-state index in [1.54, 1.807) is 24.5 Å². The molecule has 0 saturated carbocycles. The van der Waals surface area contributed by atoms with Crippen LogP contribution in [0.1, 0.15) is 11.3 Å². The number of thiocarbonyl (C=S) groups is 1. The maximum atomic E-state index is 11.5. The summed E-state index contributed by atoms with van der Waals surface area (Å²) in [6, 6.07) is 6.63. The molecule has 5 nitrogen and oxygen atoms in total. The van der Waals surface area contributed by atoms with Crippen molar-refractivity contribution in [2.45, 2.75) is 6.54 Å². The molecule has 0 aromatic carbocycles. The van der Waals surface area contributed by atoms with Crippen LogP contribution in [0.25, 0.3) is 0 Å². The van der Waals surface area contributed by atoms with E-state index in [0.29, 0.717) is 12.2 Å². The van der Waals surface area contributed by atoms with Crippen molar-refractivity contribution in [3.05, 3.63) is 58.3 Å². The summed E-state index contributed by atoms with van der Waals surface area (Å²) in [7, 11) is 0. The van der Waals surface area contributed by atoms with Gasteiger partial charge in [-0.25, -0.2) is 4.68 Å². The van der Waals surface area contributed by atoms with Crippen molar-refractivity contribution in [2.24, 2.45) is 5.73 Å². The SMILES string of the molecule is NC(=S)c1ncccc1Cn1ncccc1=O. The largest absolute Gasteiger partial charge is 0.388 e. The zero-order chi connectivity index (χ0) is 12.3. The highest BCUT2D eigenvalue weighted by Crippen LogP contribution is 2.05. The maximum Gasteiger partial charge on any atom is 0.267 e. The van der Waals surface area contributed by atoms with Gasteiger partial charge in [-0.3, -0.25) is 9.78 Å². The van der Waals surface area contributed by atoms with Crippen LogP contribution in [-0.2, 0) is 6.54 Å². The highest BCUT2D eigenvalue weighted by molar-refractivity contribution is 7.80. The molecular formula is C11H10N4OS. The second-order valence-electron chi connectivity index (χ2n) is 3.39. The predicted molar refractivity (Wildman–Crippen MR) is 67.7 cm³/mol. The number of hydrogen-bond donors (Lipinski definition) is 1. The second-order valence-corrected chi connectivity index (χ2v) is 3.83. The van der Waals surface area contributed by atoms with E-state index in [9.17, 15) is 4.79 Å². The highest BCUT2D eigenvalue weighted by atomic mass is 32.1. The molecular weight excluding hydrogens is 236 g/mol. The average molecular weight is 246 g/mol. The number of nitrogens with two attached hydrogens (primary N) is 1. The monoisotopic (exact) mass is 246 g/mol. The molecule has 0 atom stereocenters. The summed E-state index contributed by atoms with van der Waals surface area (Å²) in [5.41, 5.74) is 6.70. The Kier molecular flexibility index (Phi) is 3.24. The van der Waals surface area contributed by atoms with Gasteiger partial charge in [-0.1, -0.05) is 18.3 Å². The summed E-state index contributed by atoms with van der Waals surface area (Å²) in [5.74, 6) is 0. The molecule has 0 bridgehead atoms. The van der Waals surface area contributed by atoms with Crippen LogP contribution in [0, 0.1) is 0 Å². The molecule has 0 radical (unpaired) electrons. The van der Waals surface area contributed by atoms with Crippen molar-refractivity contribution in [1.29, 1.82) is 0 Å². The molecule has 86 valence electrons. The number of nitrogens with zero attached hydrogens (tertiary/aromatic N) is 3. The minimum absolute atomic E-state index is 0.176. The lowest BCUT2D eigenvalue weighted by atomic mass is 10.2. The van der Waals surface area contributed by atoms with Crippen LogP contribution >= 0.6 is 12.2 Å².